The lowest BCUT2D eigenvalue weighted by molar-refractivity contribution is -0.384. The Bertz CT molecular complexity index is 736. The zero-order chi connectivity index (χ0) is 17.0. The van der Waals surface area contributed by atoms with Gasteiger partial charge in [0.05, 0.1) is 25.2 Å². The smallest absolute Gasteiger partial charge is 0.295 e. The number of phenolic OH excluding ortho intramolecular Hbond substituents is 1. The molecule has 23 heavy (non-hydrogen) atoms. The van der Waals surface area contributed by atoms with E-state index < -0.39 is 16.4 Å². The van der Waals surface area contributed by atoms with Gasteiger partial charge in [-0.05, 0) is 6.07 Å². The van der Waals surface area contributed by atoms with Gasteiger partial charge in [-0.15, -0.1) is 0 Å². The van der Waals surface area contributed by atoms with Crippen molar-refractivity contribution in [2.75, 3.05) is 19.5 Å². The summed E-state index contributed by atoms with van der Waals surface area (Å²) in [4.78, 5) is 10.3. The average Bonchev–Trinajstić information content (AvgIpc) is 2.54. The quantitative estimate of drug-likeness (QED) is 0.627. The number of benzene rings is 2. The lowest BCUT2D eigenvalue weighted by atomic mass is 10.1. The second-order valence-corrected chi connectivity index (χ2v) is 4.58. The third-order valence-corrected chi connectivity index (χ3v) is 3.24. The summed E-state index contributed by atoms with van der Waals surface area (Å²) in [6, 6.07) is 6.88. The van der Waals surface area contributed by atoms with Crippen molar-refractivity contribution in [2.24, 2.45) is 0 Å². The van der Waals surface area contributed by atoms with E-state index in [1.165, 1.54) is 20.3 Å². The lowest BCUT2D eigenvalue weighted by Gasteiger charge is -2.12. The van der Waals surface area contributed by atoms with E-state index in [1.54, 1.807) is 18.2 Å². The Labute approximate surface area is 131 Å². The van der Waals surface area contributed by atoms with Crippen LogP contribution < -0.4 is 14.8 Å². The molecule has 7 nitrogen and oxygen atoms in total. The highest BCUT2D eigenvalue weighted by Gasteiger charge is 2.19. The van der Waals surface area contributed by atoms with Crippen LogP contribution in [0.3, 0.4) is 0 Å². The maximum atomic E-state index is 13.6. The van der Waals surface area contributed by atoms with Gasteiger partial charge < -0.3 is 19.9 Å². The first-order valence-electron chi connectivity index (χ1n) is 6.58. The summed E-state index contributed by atoms with van der Waals surface area (Å²) in [7, 11) is 2.68. The number of nitrogens with one attached hydrogen (secondary N) is 1. The molecule has 122 valence electrons. The largest absolute Gasteiger partial charge is 0.504 e. The fourth-order valence-electron chi connectivity index (χ4n) is 2.06. The van der Waals surface area contributed by atoms with E-state index >= 15 is 0 Å². The third-order valence-electron chi connectivity index (χ3n) is 3.24. The molecule has 2 aromatic rings. The van der Waals surface area contributed by atoms with Crippen molar-refractivity contribution in [1.82, 2.24) is 0 Å². The highest BCUT2D eigenvalue weighted by molar-refractivity contribution is 5.65. The highest BCUT2D eigenvalue weighted by Crippen LogP contribution is 2.34. The number of aromatic hydroxyl groups is 1. The van der Waals surface area contributed by atoms with E-state index in [0.717, 1.165) is 6.07 Å². The zero-order valence-corrected chi connectivity index (χ0v) is 12.5. The first kappa shape index (κ1) is 16.3. The van der Waals surface area contributed by atoms with E-state index in [0.29, 0.717) is 5.56 Å². The Hall–Kier alpha value is -3.03. The van der Waals surface area contributed by atoms with Crippen LogP contribution in [0, 0.1) is 15.9 Å². The molecule has 0 saturated heterocycles. The molecule has 0 unspecified atom stereocenters. The molecule has 0 spiro atoms. The minimum absolute atomic E-state index is 0.0702. The Morgan fingerprint density at radius 1 is 1.26 bits per heavy atom. The average molecular weight is 322 g/mol. The summed E-state index contributed by atoms with van der Waals surface area (Å²) in [5.74, 6) is -0.725. The minimum atomic E-state index is -0.825. The van der Waals surface area contributed by atoms with E-state index in [2.05, 4.69) is 5.32 Å². The van der Waals surface area contributed by atoms with Gasteiger partial charge in [0.1, 0.15) is 5.69 Å². The number of methoxy groups -OCH3 is 2. The number of ether oxygens (including phenoxy) is 2. The van der Waals surface area contributed by atoms with Crippen LogP contribution in [0.25, 0.3) is 0 Å². The lowest BCUT2D eigenvalue weighted by Crippen LogP contribution is -2.04. The van der Waals surface area contributed by atoms with Gasteiger partial charge in [0.25, 0.3) is 5.69 Å². The number of nitro groups is 1. The van der Waals surface area contributed by atoms with Gasteiger partial charge in [0.15, 0.2) is 23.1 Å². The van der Waals surface area contributed by atoms with Crippen molar-refractivity contribution >= 4 is 11.4 Å². The number of phenols is 1. The fraction of sp³-hybridized carbons (Fsp3) is 0.200. The number of rotatable bonds is 6. The summed E-state index contributed by atoms with van der Waals surface area (Å²) >= 11 is 0. The van der Waals surface area contributed by atoms with Gasteiger partial charge in [0.2, 0.25) is 0 Å². The summed E-state index contributed by atoms with van der Waals surface area (Å²) < 4.78 is 23.4. The Morgan fingerprint density at radius 3 is 2.57 bits per heavy atom. The van der Waals surface area contributed by atoms with Crippen molar-refractivity contribution in [3.8, 4) is 17.2 Å². The molecule has 0 fully saturated rings. The second-order valence-electron chi connectivity index (χ2n) is 4.58. The SMILES string of the molecule is COc1cc(NCc2cccc(OC)c2O)c([N+](=O)[O-])cc1F. The topological polar surface area (TPSA) is 93.9 Å². The Morgan fingerprint density at radius 2 is 1.96 bits per heavy atom. The molecule has 0 aromatic heterocycles. The van der Waals surface area contributed by atoms with Crippen molar-refractivity contribution in [3.05, 3.63) is 51.8 Å². The third kappa shape index (κ3) is 3.42. The molecule has 0 radical (unpaired) electrons. The van der Waals surface area contributed by atoms with E-state index in [1.807, 2.05) is 0 Å². The predicted octanol–water partition coefficient (Wildman–Crippen LogP) is 3.07. The normalized spacial score (nSPS) is 10.2. The van der Waals surface area contributed by atoms with Gasteiger partial charge in [-0.2, -0.15) is 0 Å². The Balaban J connectivity index is 2.31. The molecule has 2 aromatic carbocycles. The highest BCUT2D eigenvalue weighted by atomic mass is 19.1. The van der Waals surface area contributed by atoms with Gasteiger partial charge in [0, 0.05) is 18.2 Å². The number of nitrogens with zero attached hydrogens (tertiary/aromatic N) is 1. The molecule has 2 rings (SSSR count). The number of para-hydroxylation sites is 1. The Kier molecular flexibility index (Phi) is 4.85. The van der Waals surface area contributed by atoms with Crippen molar-refractivity contribution in [3.63, 3.8) is 0 Å². The van der Waals surface area contributed by atoms with Crippen molar-refractivity contribution in [1.29, 1.82) is 0 Å². The van der Waals surface area contributed by atoms with Crippen LogP contribution in [0.1, 0.15) is 5.56 Å². The number of anilines is 1. The van der Waals surface area contributed by atoms with Crippen LogP contribution in [0.15, 0.2) is 30.3 Å². The van der Waals surface area contributed by atoms with Gasteiger partial charge >= 0.3 is 0 Å². The van der Waals surface area contributed by atoms with Crippen molar-refractivity contribution in [2.45, 2.75) is 6.54 Å². The molecule has 0 amide bonds. The number of hydrogen-bond donors (Lipinski definition) is 2. The monoisotopic (exact) mass is 322 g/mol. The molecule has 8 heteroatoms. The van der Waals surface area contributed by atoms with Crippen LogP contribution in [0.2, 0.25) is 0 Å². The number of hydrogen-bond acceptors (Lipinski definition) is 6. The van der Waals surface area contributed by atoms with Crippen LogP contribution in [0.5, 0.6) is 17.2 Å². The summed E-state index contributed by atoms with van der Waals surface area (Å²) in [6.45, 7) is 0.0820. The van der Waals surface area contributed by atoms with E-state index in [-0.39, 0.29) is 29.5 Å². The van der Waals surface area contributed by atoms with E-state index in [9.17, 15) is 19.6 Å². The first-order chi connectivity index (χ1) is 11.0. The molecule has 0 heterocycles. The second kappa shape index (κ2) is 6.82. The standard InChI is InChI=1S/C15H15FN2O5/c1-22-13-5-3-4-9(15(13)19)8-17-11-7-14(23-2)10(16)6-12(11)18(20)21/h3-7,17,19H,8H2,1-2H3. The molecule has 2 N–H and O–H groups in total. The van der Waals surface area contributed by atoms with Gasteiger partial charge in [-0.1, -0.05) is 12.1 Å². The van der Waals surface area contributed by atoms with Gasteiger partial charge in [-0.3, -0.25) is 10.1 Å². The van der Waals surface area contributed by atoms with Gasteiger partial charge in [-0.25, -0.2) is 4.39 Å². The molecule has 0 saturated carbocycles. The van der Waals surface area contributed by atoms with Crippen LogP contribution >= 0.6 is 0 Å². The van der Waals surface area contributed by atoms with E-state index in [4.69, 9.17) is 9.47 Å². The fourth-order valence-corrected chi connectivity index (χ4v) is 2.06. The number of nitro benzene ring substituents is 1. The molecule has 0 aliphatic rings. The number of halogens is 1. The maximum absolute atomic E-state index is 13.6. The summed E-state index contributed by atoms with van der Waals surface area (Å²) in [5.41, 5.74) is 0.128. The molecule has 0 aliphatic heterocycles. The molecule has 0 aliphatic carbocycles. The van der Waals surface area contributed by atoms with Crippen LogP contribution in [-0.2, 0) is 6.54 Å². The molecular formula is C15H15FN2O5. The predicted molar refractivity (Wildman–Crippen MR) is 81.6 cm³/mol. The van der Waals surface area contributed by atoms with Crippen molar-refractivity contribution < 1.29 is 23.9 Å². The van der Waals surface area contributed by atoms with Crippen LogP contribution in [-0.4, -0.2) is 24.2 Å². The summed E-state index contributed by atoms with van der Waals surface area (Å²) in [6.07, 6.45) is 0. The summed E-state index contributed by atoms with van der Waals surface area (Å²) in [5, 5.41) is 23.8. The first-order valence-corrected chi connectivity index (χ1v) is 6.58. The molecular weight excluding hydrogens is 307 g/mol. The molecule has 0 atom stereocenters. The minimum Gasteiger partial charge on any atom is -0.504 e. The molecule has 0 bridgehead atoms. The maximum Gasteiger partial charge on any atom is 0.295 e. The van der Waals surface area contributed by atoms with Crippen LogP contribution in [0.4, 0.5) is 15.8 Å². The zero-order valence-electron chi connectivity index (χ0n) is 12.5.